The van der Waals surface area contributed by atoms with Crippen LogP contribution in [0.3, 0.4) is 0 Å². The van der Waals surface area contributed by atoms with E-state index in [9.17, 15) is 0 Å². The molecule has 1 aliphatic heterocycles. The maximum Gasteiger partial charge on any atom is 0.120 e. The fourth-order valence-corrected chi connectivity index (χ4v) is 1.71. The zero-order valence-electron chi connectivity index (χ0n) is 8.98. The minimum atomic E-state index is -0.226. The van der Waals surface area contributed by atoms with Gasteiger partial charge in [-0.05, 0) is 20.4 Å². The SMILES string of the molecule is CCNCc1nc2c([nH]1)COC2(C)C. The molecule has 0 saturated heterocycles. The first-order chi connectivity index (χ1) is 6.63. The molecule has 0 saturated carbocycles. The van der Waals surface area contributed by atoms with Crippen molar-refractivity contribution in [2.45, 2.75) is 39.5 Å². The number of hydrogen-bond acceptors (Lipinski definition) is 3. The molecule has 1 aromatic rings. The average Bonchev–Trinajstić information content (AvgIpc) is 2.65. The van der Waals surface area contributed by atoms with E-state index in [2.05, 4.69) is 36.1 Å². The lowest BCUT2D eigenvalue weighted by molar-refractivity contribution is -0.0115. The van der Waals surface area contributed by atoms with Crippen LogP contribution in [0.15, 0.2) is 0 Å². The molecular formula is C10H17N3O. The first kappa shape index (κ1) is 9.68. The minimum Gasteiger partial charge on any atom is -0.363 e. The zero-order valence-corrected chi connectivity index (χ0v) is 8.98. The van der Waals surface area contributed by atoms with E-state index >= 15 is 0 Å². The van der Waals surface area contributed by atoms with E-state index in [4.69, 9.17) is 4.74 Å². The van der Waals surface area contributed by atoms with Crippen LogP contribution in [-0.4, -0.2) is 16.5 Å². The molecule has 0 aromatic carbocycles. The fraction of sp³-hybridized carbons (Fsp3) is 0.700. The van der Waals surface area contributed by atoms with Crippen LogP contribution in [0.25, 0.3) is 0 Å². The molecule has 78 valence electrons. The molecule has 4 heteroatoms. The number of H-pyrrole nitrogens is 1. The van der Waals surface area contributed by atoms with Crippen LogP contribution in [0.5, 0.6) is 0 Å². The molecule has 0 radical (unpaired) electrons. The van der Waals surface area contributed by atoms with Crippen molar-refractivity contribution in [3.05, 3.63) is 17.2 Å². The largest absolute Gasteiger partial charge is 0.363 e. The Hall–Kier alpha value is -0.870. The molecule has 0 atom stereocenters. The minimum absolute atomic E-state index is 0.226. The van der Waals surface area contributed by atoms with Gasteiger partial charge < -0.3 is 15.0 Å². The number of hydrogen-bond donors (Lipinski definition) is 2. The van der Waals surface area contributed by atoms with Gasteiger partial charge >= 0.3 is 0 Å². The molecule has 0 unspecified atom stereocenters. The van der Waals surface area contributed by atoms with E-state index in [-0.39, 0.29) is 5.60 Å². The van der Waals surface area contributed by atoms with Gasteiger partial charge in [-0.2, -0.15) is 0 Å². The van der Waals surface area contributed by atoms with Gasteiger partial charge in [0.25, 0.3) is 0 Å². The van der Waals surface area contributed by atoms with Crippen LogP contribution in [0.1, 0.15) is 38.0 Å². The fourth-order valence-electron chi connectivity index (χ4n) is 1.71. The van der Waals surface area contributed by atoms with Crippen LogP contribution >= 0.6 is 0 Å². The second-order valence-electron chi connectivity index (χ2n) is 4.09. The van der Waals surface area contributed by atoms with Gasteiger partial charge in [0.2, 0.25) is 0 Å². The van der Waals surface area contributed by atoms with Crippen molar-refractivity contribution in [2.24, 2.45) is 0 Å². The standard InChI is InChI=1S/C10H17N3O/c1-4-11-5-8-12-7-6-14-10(2,3)9(7)13-8/h11H,4-6H2,1-3H3,(H,12,13). The van der Waals surface area contributed by atoms with Crippen LogP contribution < -0.4 is 5.32 Å². The lowest BCUT2D eigenvalue weighted by Gasteiger charge is -2.15. The zero-order chi connectivity index (χ0) is 10.2. The van der Waals surface area contributed by atoms with Gasteiger partial charge in [0.15, 0.2) is 0 Å². The number of nitrogens with one attached hydrogen (secondary N) is 2. The Bertz CT molecular complexity index is 330. The molecule has 0 amide bonds. The van der Waals surface area contributed by atoms with Crippen molar-refractivity contribution >= 4 is 0 Å². The van der Waals surface area contributed by atoms with E-state index < -0.39 is 0 Å². The maximum atomic E-state index is 5.60. The molecule has 1 aliphatic rings. The number of nitrogens with zero attached hydrogens (tertiary/aromatic N) is 1. The number of ether oxygens (including phenoxy) is 1. The summed E-state index contributed by atoms with van der Waals surface area (Å²) in [5.74, 6) is 1.01. The molecule has 0 spiro atoms. The van der Waals surface area contributed by atoms with Crippen molar-refractivity contribution in [1.29, 1.82) is 0 Å². The van der Waals surface area contributed by atoms with E-state index in [1.165, 1.54) is 0 Å². The second-order valence-corrected chi connectivity index (χ2v) is 4.09. The number of rotatable bonds is 3. The second kappa shape index (κ2) is 3.37. The van der Waals surface area contributed by atoms with Gasteiger partial charge in [-0.25, -0.2) is 4.98 Å². The summed E-state index contributed by atoms with van der Waals surface area (Å²) >= 11 is 0. The molecular weight excluding hydrogens is 178 g/mol. The molecule has 0 bridgehead atoms. The topological polar surface area (TPSA) is 49.9 Å². The monoisotopic (exact) mass is 195 g/mol. The Morgan fingerprint density at radius 2 is 2.36 bits per heavy atom. The van der Waals surface area contributed by atoms with Crippen LogP contribution in [0.2, 0.25) is 0 Å². The molecule has 2 rings (SSSR count). The van der Waals surface area contributed by atoms with Crippen molar-refractivity contribution in [3.8, 4) is 0 Å². The van der Waals surface area contributed by atoms with Gasteiger partial charge in [0, 0.05) is 0 Å². The van der Waals surface area contributed by atoms with E-state index in [0.717, 1.165) is 30.3 Å². The van der Waals surface area contributed by atoms with E-state index in [1.807, 2.05) is 0 Å². The Balaban J connectivity index is 2.18. The van der Waals surface area contributed by atoms with Crippen molar-refractivity contribution < 1.29 is 4.74 Å². The van der Waals surface area contributed by atoms with Gasteiger partial charge in [-0.1, -0.05) is 6.92 Å². The summed E-state index contributed by atoms with van der Waals surface area (Å²) in [6.07, 6.45) is 0. The lowest BCUT2D eigenvalue weighted by Crippen LogP contribution is -2.17. The molecule has 0 fully saturated rings. The summed E-state index contributed by atoms with van der Waals surface area (Å²) in [5.41, 5.74) is 1.96. The predicted octanol–water partition coefficient (Wildman–Crippen LogP) is 1.28. The summed E-state index contributed by atoms with van der Waals surface area (Å²) in [6.45, 7) is 8.61. The van der Waals surface area contributed by atoms with Crippen molar-refractivity contribution in [1.82, 2.24) is 15.3 Å². The Kier molecular flexibility index (Phi) is 2.33. The summed E-state index contributed by atoms with van der Waals surface area (Å²) < 4.78 is 5.60. The highest BCUT2D eigenvalue weighted by Crippen LogP contribution is 2.33. The maximum absolute atomic E-state index is 5.60. The smallest absolute Gasteiger partial charge is 0.120 e. The highest BCUT2D eigenvalue weighted by molar-refractivity contribution is 5.23. The Morgan fingerprint density at radius 3 is 3.00 bits per heavy atom. The van der Waals surface area contributed by atoms with Crippen molar-refractivity contribution in [2.75, 3.05) is 6.54 Å². The number of fused-ring (bicyclic) bond motifs is 1. The summed E-state index contributed by atoms with van der Waals surface area (Å²) in [7, 11) is 0. The normalized spacial score (nSPS) is 18.5. The number of aromatic amines is 1. The van der Waals surface area contributed by atoms with Crippen molar-refractivity contribution in [3.63, 3.8) is 0 Å². The summed E-state index contributed by atoms with van der Waals surface area (Å²) in [5, 5.41) is 3.25. The summed E-state index contributed by atoms with van der Waals surface area (Å²) in [4.78, 5) is 7.82. The Labute approximate surface area is 84.1 Å². The molecule has 1 aromatic heterocycles. The molecule has 4 nitrogen and oxygen atoms in total. The number of imidazole rings is 1. The third kappa shape index (κ3) is 1.55. The molecule has 0 aliphatic carbocycles. The van der Waals surface area contributed by atoms with Crippen LogP contribution in [-0.2, 0) is 23.5 Å². The molecule has 2 N–H and O–H groups in total. The van der Waals surface area contributed by atoms with Gasteiger partial charge in [0.05, 0.1) is 24.5 Å². The van der Waals surface area contributed by atoms with E-state index in [0.29, 0.717) is 6.61 Å². The quantitative estimate of drug-likeness (QED) is 0.764. The first-order valence-corrected chi connectivity index (χ1v) is 5.06. The van der Waals surface area contributed by atoms with E-state index in [1.54, 1.807) is 0 Å². The average molecular weight is 195 g/mol. The van der Waals surface area contributed by atoms with Gasteiger partial charge in [0.1, 0.15) is 11.4 Å². The lowest BCUT2D eigenvalue weighted by atomic mass is 10.1. The first-order valence-electron chi connectivity index (χ1n) is 5.06. The predicted molar refractivity (Wildman–Crippen MR) is 53.8 cm³/mol. The van der Waals surface area contributed by atoms with Gasteiger partial charge in [-0.15, -0.1) is 0 Å². The Morgan fingerprint density at radius 1 is 1.57 bits per heavy atom. The highest BCUT2D eigenvalue weighted by atomic mass is 16.5. The third-order valence-electron chi connectivity index (χ3n) is 2.52. The van der Waals surface area contributed by atoms with Crippen LogP contribution in [0, 0.1) is 0 Å². The molecule has 2 heterocycles. The van der Waals surface area contributed by atoms with Crippen LogP contribution in [0.4, 0.5) is 0 Å². The summed E-state index contributed by atoms with van der Waals surface area (Å²) in [6, 6.07) is 0. The third-order valence-corrected chi connectivity index (χ3v) is 2.52. The number of aromatic nitrogens is 2. The molecule has 14 heavy (non-hydrogen) atoms. The highest BCUT2D eigenvalue weighted by Gasteiger charge is 2.34. The van der Waals surface area contributed by atoms with Gasteiger partial charge in [-0.3, -0.25) is 0 Å².